The van der Waals surface area contributed by atoms with Crippen LogP contribution in [0.2, 0.25) is 0 Å². The second kappa shape index (κ2) is 4.42. The van der Waals surface area contributed by atoms with Crippen LogP contribution in [0.15, 0.2) is 0 Å². The van der Waals surface area contributed by atoms with Crippen LogP contribution in [0.25, 0.3) is 0 Å². The molecule has 0 radical (unpaired) electrons. The number of amides is 1. The molecular weight excluding hydrogens is 156 g/mol. The van der Waals surface area contributed by atoms with E-state index in [1.807, 2.05) is 0 Å². The lowest BCUT2D eigenvalue weighted by Gasteiger charge is -2.24. The minimum absolute atomic E-state index is 0.195. The maximum Gasteiger partial charge on any atom is 0.248 e. The van der Waals surface area contributed by atoms with Gasteiger partial charge in [0.15, 0.2) is 0 Å². The van der Waals surface area contributed by atoms with Crippen LogP contribution in [-0.4, -0.2) is 36.2 Å². The molecule has 1 rings (SSSR count). The summed E-state index contributed by atoms with van der Waals surface area (Å²) in [7, 11) is 0. The quantitative estimate of drug-likeness (QED) is 0.513. The minimum Gasteiger partial charge on any atom is -0.384 e. The number of carbonyl (C=O) groups is 1. The highest BCUT2D eigenvalue weighted by Gasteiger charge is 2.17. The van der Waals surface area contributed by atoms with Gasteiger partial charge < -0.3 is 15.7 Å². The monoisotopic (exact) mass is 172 g/mol. The van der Waals surface area contributed by atoms with E-state index in [0.717, 1.165) is 25.9 Å². The van der Waals surface area contributed by atoms with Gasteiger partial charge in [0.25, 0.3) is 0 Å². The van der Waals surface area contributed by atoms with E-state index in [-0.39, 0.29) is 11.9 Å². The van der Waals surface area contributed by atoms with Crippen LogP contribution >= 0.6 is 0 Å². The molecule has 1 fully saturated rings. The van der Waals surface area contributed by atoms with Gasteiger partial charge in [-0.1, -0.05) is 0 Å². The van der Waals surface area contributed by atoms with E-state index in [9.17, 15) is 4.79 Å². The van der Waals surface area contributed by atoms with Crippen molar-refractivity contribution in [2.24, 2.45) is 0 Å². The van der Waals surface area contributed by atoms with Crippen LogP contribution < -0.4 is 10.6 Å². The van der Waals surface area contributed by atoms with Crippen LogP contribution in [0, 0.1) is 0 Å². The van der Waals surface area contributed by atoms with Gasteiger partial charge in [0.1, 0.15) is 6.10 Å². The van der Waals surface area contributed by atoms with E-state index in [1.165, 1.54) is 6.92 Å². The van der Waals surface area contributed by atoms with E-state index in [0.29, 0.717) is 0 Å². The molecule has 1 saturated heterocycles. The second-order valence-corrected chi connectivity index (χ2v) is 3.23. The van der Waals surface area contributed by atoms with Crippen molar-refractivity contribution in [1.29, 1.82) is 0 Å². The van der Waals surface area contributed by atoms with Crippen molar-refractivity contribution >= 4 is 5.91 Å². The van der Waals surface area contributed by atoms with E-state index >= 15 is 0 Å². The summed E-state index contributed by atoms with van der Waals surface area (Å²) in [5.41, 5.74) is 0. The molecule has 0 bridgehead atoms. The Labute approximate surface area is 72.3 Å². The van der Waals surface area contributed by atoms with Crippen LogP contribution in [0.3, 0.4) is 0 Å². The topological polar surface area (TPSA) is 61.4 Å². The Morgan fingerprint density at radius 2 is 2.50 bits per heavy atom. The van der Waals surface area contributed by atoms with Gasteiger partial charge in [-0.3, -0.25) is 4.79 Å². The number of hydrogen-bond acceptors (Lipinski definition) is 3. The van der Waals surface area contributed by atoms with E-state index in [1.54, 1.807) is 0 Å². The fourth-order valence-electron chi connectivity index (χ4n) is 1.30. The maximum atomic E-state index is 11.0. The van der Waals surface area contributed by atoms with Crippen molar-refractivity contribution in [2.75, 3.05) is 13.1 Å². The highest BCUT2D eigenvalue weighted by Crippen LogP contribution is 2.01. The molecule has 1 amide bonds. The van der Waals surface area contributed by atoms with Gasteiger partial charge in [-0.05, 0) is 26.3 Å². The third-order valence-electron chi connectivity index (χ3n) is 2.02. The Kier molecular flexibility index (Phi) is 3.49. The Morgan fingerprint density at radius 1 is 1.75 bits per heavy atom. The van der Waals surface area contributed by atoms with Crippen molar-refractivity contribution in [3.05, 3.63) is 0 Å². The number of piperidine rings is 1. The molecule has 2 unspecified atom stereocenters. The Balaban J connectivity index is 2.24. The van der Waals surface area contributed by atoms with Crippen molar-refractivity contribution in [1.82, 2.24) is 10.6 Å². The molecular formula is C8H16N2O2. The maximum absolute atomic E-state index is 11.0. The first-order chi connectivity index (χ1) is 5.70. The molecule has 4 nitrogen and oxygen atoms in total. The predicted octanol–water partition coefficient (Wildman–Crippen LogP) is -0.765. The summed E-state index contributed by atoms with van der Waals surface area (Å²) in [5.74, 6) is -0.274. The molecule has 3 N–H and O–H groups in total. The second-order valence-electron chi connectivity index (χ2n) is 3.23. The van der Waals surface area contributed by atoms with E-state index in [2.05, 4.69) is 10.6 Å². The molecule has 4 heteroatoms. The number of aliphatic hydroxyl groups excluding tert-OH is 1. The van der Waals surface area contributed by atoms with Crippen LogP contribution in [0.4, 0.5) is 0 Å². The zero-order chi connectivity index (χ0) is 8.97. The Bertz CT molecular complexity index is 153. The zero-order valence-electron chi connectivity index (χ0n) is 7.34. The van der Waals surface area contributed by atoms with Crippen molar-refractivity contribution in [3.8, 4) is 0 Å². The summed E-state index contributed by atoms with van der Waals surface area (Å²) >= 11 is 0. The SMILES string of the molecule is CC(O)C(=O)NC1CCCNC1. The molecule has 0 aliphatic carbocycles. The summed E-state index contributed by atoms with van der Waals surface area (Å²) < 4.78 is 0. The smallest absolute Gasteiger partial charge is 0.248 e. The molecule has 1 aliphatic heterocycles. The Hall–Kier alpha value is -0.610. The molecule has 2 atom stereocenters. The average Bonchev–Trinajstić information content (AvgIpc) is 2.06. The van der Waals surface area contributed by atoms with Gasteiger partial charge >= 0.3 is 0 Å². The fourth-order valence-corrected chi connectivity index (χ4v) is 1.30. The summed E-state index contributed by atoms with van der Waals surface area (Å²) in [6, 6.07) is 0.195. The van der Waals surface area contributed by atoms with E-state index < -0.39 is 6.10 Å². The average molecular weight is 172 g/mol. The molecule has 70 valence electrons. The van der Waals surface area contributed by atoms with Crippen molar-refractivity contribution in [2.45, 2.75) is 31.9 Å². The van der Waals surface area contributed by atoms with Crippen LogP contribution in [-0.2, 0) is 4.79 Å². The van der Waals surface area contributed by atoms with E-state index in [4.69, 9.17) is 5.11 Å². The molecule has 1 heterocycles. The number of aliphatic hydroxyl groups is 1. The molecule has 0 aromatic carbocycles. The largest absolute Gasteiger partial charge is 0.384 e. The first-order valence-corrected chi connectivity index (χ1v) is 4.39. The fraction of sp³-hybridized carbons (Fsp3) is 0.875. The molecule has 0 aromatic heterocycles. The van der Waals surface area contributed by atoms with Crippen LogP contribution in [0.5, 0.6) is 0 Å². The molecule has 0 spiro atoms. The molecule has 12 heavy (non-hydrogen) atoms. The normalized spacial score (nSPS) is 26.3. The molecule has 1 aliphatic rings. The number of hydrogen-bond donors (Lipinski definition) is 3. The number of nitrogens with one attached hydrogen (secondary N) is 2. The lowest BCUT2D eigenvalue weighted by atomic mass is 10.1. The predicted molar refractivity (Wildman–Crippen MR) is 45.7 cm³/mol. The van der Waals surface area contributed by atoms with Gasteiger partial charge in [-0.2, -0.15) is 0 Å². The lowest BCUT2D eigenvalue weighted by Crippen LogP contribution is -2.48. The summed E-state index contributed by atoms with van der Waals surface area (Å²) in [6.45, 7) is 3.32. The standard InChI is InChI=1S/C8H16N2O2/c1-6(11)8(12)10-7-3-2-4-9-5-7/h6-7,9,11H,2-5H2,1H3,(H,10,12). The zero-order valence-corrected chi connectivity index (χ0v) is 7.34. The summed E-state index contributed by atoms with van der Waals surface area (Å²) in [6.07, 6.45) is 1.20. The van der Waals surface area contributed by atoms with Gasteiger partial charge in [0.05, 0.1) is 0 Å². The highest BCUT2D eigenvalue weighted by molar-refractivity contribution is 5.80. The first-order valence-electron chi connectivity index (χ1n) is 4.39. The minimum atomic E-state index is -0.896. The first kappa shape index (κ1) is 9.48. The van der Waals surface area contributed by atoms with Crippen LogP contribution in [0.1, 0.15) is 19.8 Å². The Morgan fingerprint density at radius 3 is 3.00 bits per heavy atom. The third-order valence-corrected chi connectivity index (χ3v) is 2.02. The van der Waals surface area contributed by atoms with Gasteiger partial charge in [0.2, 0.25) is 5.91 Å². The van der Waals surface area contributed by atoms with Gasteiger partial charge in [0, 0.05) is 12.6 Å². The van der Waals surface area contributed by atoms with Gasteiger partial charge in [-0.15, -0.1) is 0 Å². The number of rotatable bonds is 2. The van der Waals surface area contributed by atoms with Crippen molar-refractivity contribution in [3.63, 3.8) is 0 Å². The van der Waals surface area contributed by atoms with Gasteiger partial charge in [-0.25, -0.2) is 0 Å². The number of carbonyl (C=O) groups excluding carboxylic acids is 1. The lowest BCUT2D eigenvalue weighted by molar-refractivity contribution is -0.129. The van der Waals surface area contributed by atoms with Crippen molar-refractivity contribution < 1.29 is 9.90 Å². The summed E-state index contributed by atoms with van der Waals surface area (Å²) in [5, 5.41) is 14.9. The highest BCUT2D eigenvalue weighted by atomic mass is 16.3. The molecule has 0 aromatic rings. The third kappa shape index (κ3) is 2.79. The molecule has 0 saturated carbocycles. The summed E-state index contributed by atoms with van der Waals surface area (Å²) in [4.78, 5) is 11.0.